The fourth-order valence-electron chi connectivity index (χ4n) is 7.31. The minimum absolute atomic E-state index is 0.104. The van der Waals surface area contributed by atoms with Gasteiger partial charge in [-0.15, -0.1) is 0 Å². The molecule has 5 rings (SSSR count). The smallest absolute Gasteiger partial charge is 0.310 e. The predicted molar refractivity (Wildman–Crippen MR) is 105 cm³/mol. The van der Waals surface area contributed by atoms with Gasteiger partial charge >= 0.3 is 11.9 Å². The van der Waals surface area contributed by atoms with Crippen molar-refractivity contribution in [1.82, 2.24) is 0 Å². The van der Waals surface area contributed by atoms with E-state index in [1.165, 1.54) is 31.9 Å². The molecule has 5 aliphatic rings. The highest BCUT2D eigenvalue weighted by Crippen LogP contribution is 2.55. The van der Waals surface area contributed by atoms with Crippen molar-refractivity contribution in [1.29, 1.82) is 0 Å². The van der Waals surface area contributed by atoms with Gasteiger partial charge in [0.25, 0.3) is 0 Å². The average Bonchev–Trinajstić information content (AvgIpc) is 3.45. The van der Waals surface area contributed by atoms with Gasteiger partial charge in [0.05, 0.1) is 18.9 Å². The highest BCUT2D eigenvalue weighted by molar-refractivity contribution is 5.84. The maximum absolute atomic E-state index is 13.4. The van der Waals surface area contributed by atoms with Crippen molar-refractivity contribution in [2.75, 3.05) is 7.11 Å². The van der Waals surface area contributed by atoms with Crippen LogP contribution >= 0.6 is 0 Å². The van der Waals surface area contributed by atoms with Crippen molar-refractivity contribution in [2.45, 2.75) is 58.0 Å². The summed E-state index contributed by atoms with van der Waals surface area (Å²) in [7, 11) is 1.44. The van der Waals surface area contributed by atoms with Crippen LogP contribution < -0.4 is 0 Å². The minimum Gasteiger partial charge on any atom is -0.469 e. The Morgan fingerprint density at radius 3 is 2.46 bits per heavy atom. The summed E-state index contributed by atoms with van der Waals surface area (Å²) >= 11 is 0. The molecule has 0 aliphatic heterocycles. The van der Waals surface area contributed by atoms with Crippen molar-refractivity contribution < 1.29 is 19.1 Å². The second kappa shape index (κ2) is 6.47. The lowest BCUT2D eigenvalue weighted by Gasteiger charge is -2.36. The summed E-state index contributed by atoms with van der Waals surface area (Å²) in [6.45, 7) is 4.22. The first-order valence-corrected chi connectivity index (χ1v) is 11.1. The molecule has 3 saturated carbocycles. The number of hydrogen-bond acceptors (Lipinski definition) is 4. The number of methoxy groups -OCH3 is 1. The Balaban J connectivity index is 1.39. The van der Waals surface area contributed by atoms with Gasteiger partial charge in [-0.2, -0.15) is 0 Å². The second-order valence-corrected chi connectivity index (χ2v) is 10.3. The van der Waals surface area contributed by atoms with Crippen LogP contribution in [0.15, 0.2) is 23.8 Å². The van der Waals surface area contributed by atoms with Gasteiger partial charge in [0.1, 0.15) is 5.60 Å². The molecule has 0 radical (unpaired) electrons. The topological polar surface area (TPSA) is 52.6 Å². The van der Waals surface area contributed by atoms with Crippen LogP contribution in [-0.2, 0) is 19.1 Å². The van der Waals surface area contributed by atoms with Crippen LogP contribution in [0.2, 0.25) is 0 Å². The van der Waals surface area contributed by atoms with Crippen molar-refractivity contribution in [3.8, 4) is 0 Å². The summed E-state index contributed by atoms with van der Waals surface area (Å²) in [5, 5.41) is 0. The highest BCUT2D eigenvalue weighted by atomic mass is 16.6. The molecule has 0 heterocycles. The molecule has 0 aromatic carbocycles. The van der Waals surface area contributed by atoms with Gasteiger partial charge in [-0.05, 0) is 81.0 Å². The molecule has 152 valence electrons. The molecule has 3 fully saturated rings. The minimum atomic E-state index is -0.409. The van der Waals surface area contributed by atoms with E-state index in [4.69, 9.17) is 9.47 Å². The Kier molecular flexibility index (Phi) is 4.26. The molecular formula is C24H32O4. The van der Waals surface area contributed by atoms with Crippen molar-refractivity contribution in [3.05, 3.63) is 23.8 Å². The first-order valence-electron chi connectivity index (χ1n) is 11.1. The van der Waals surface area contributed by atoms with Crippen LogP contribution in [0.3, 0.4) is 0 Å². The molecule has 0 aromatic heterocycles. The SMILES string of the molecule is COC(=O)C1C(C2=CC3C=CC2C3)CC(C)C1C(=O)OC1(C)CC2CCC1C2. The molecule has 9 unspecified atom stereocenters. The summed E-state index contributed by atoms with van der Waals surface area (Å²) in [4.78, 5) is 26.2. The van der Waals surface area contributed by atoms with Gasteiger partial charge in [-0.1, -0.05) is 30.7 Å². The third-order valence-electron chi connectivity index (χ3n) is 8.62. The molecule has 28 heavy (non-hydrogen) atoms. The lowest BCUT2D eigenvalue weighted by atomic mass is 9.80. The highest BCUT2D eigenvalue weighted by Gasteiger charge is 2.56. The Hall–Kier alpha value is -1.58. The zero-order valence-electron chi connectivity index (χ0n) is 17.2. The summed E-state index contributed by atoms with van der Waals surface area (Å²) in [6, 6.07) is 0. The van der Waals surface area contributed by atoms with E-state index in [1.54, 1.807) is 0 Å². The van der Waals surface area contributed by atoms with Gasteiger partial charge < -0.3 is 9.47 Å². The Bertz CT molecular complexity index is 752. The normalized spacial score (nSPS) is 48.2. The van der Waals surface area contributed by atoms with Gasteiger partial charge in [0.2, 0.25) is 0 Å². The van der Waals surface area contributed by atoms with Crippen LogP contribution in [0, 0.1) is 47.3 Å². The number of esters is 2. The molecule has 0 N–H and O–H groups in total. The zero-order chi connectivity index (χ0) is 19.6. The van der Waals surface area contributed by atoms with Gasteiger partial charge in [-0.25, -0.2) is 0 Å². The number of carbonyl (C=O) groups is 2. The van der Waals surface area contributed by atoms with E-state index in [9.17, 15) is 9.59 Å². The largest absolute Gasteiger partial charge is 0.469 e. The predicted octanol–water partition coefficient (Wildman–Crippen LogP) is 4.30. The van der Waals surface area contributed by atoms with Crippen LogP contribution in [0.5, 0.6) is 0 Å². The fraction of sp³-hybridized carbons (Fsp3) is 0.750. The lowest BCUT2D eigenvalue weighted by Crippen LogP contribution is -2.42. The monoisotopic (exact) mass is 384 g/mol. The molecule has 0 spiro atoms. The number of rotatable bonds is 4. The third kappa shape index (κ3) is 2.70. The summed E-state index contributed by atoms with van der Waals surface area (Å²) in [6.07, 6.45) is 13.5. The number of carbonyl (C=O) groups excluding carboxylic acids is 2. The van der Waals surface area contributed by atoms with Crippen LogP contribution in [0.1, 0.15) is 52.4 Å². The van der Waals surface area contributed by atoms with E-state index in [0.717, 1.165) is 19.3 Å². The first-order chi connectivity index (χ1) is 13.4. The van der Waals surface area contributed by atoms with Gasteiger partial charge in [-0.3, -0.25) is 9.59 Å². The van der Waals surface area contributed by atoms with E-state index in [1.807, 2.05) is 0 Å². The average molecular weight is 385 g/mol. The van der Waals surface area contributed by atoms with Crippen LogP contribution in [0.4, 0.5) is 0 Å². The van der Waals surface area contributed by atoms with E-state index in [-0.39, 0.29) is 29.4 Å². The van der Waals surface area contributed by atoms with Crippen molar-refractivity contribution in [2.24, 2.45) is 47.3 Å². The van der Waals surface area contributed by atoms with Crippen LogP contribution in [0.25, 0.3) is 0 Å². The molecule has 0 aromatic rings. The fourth-order valence-corrected chi connectivity index (χ4v) is 7.31. The maximum Gasteiger partial charge on any atom is 0.310 e. The van der Waals surface area contributed by atoms with E-state index < -0.39 is 11.8 Å². The molecule has 9 atom stereocenters. The van der Waals surface area contributed by atoms with Crippen molar-refractivity contribution >= 4 is 11.9 Å². The first kappa shape index (κ1) is 18.4. The van der Waals surface area contributed by atoms with E-state index in [2.05, 4.69) is 32.1 Å². The molecule has 0 amide bonds. The second-order valence-electron chi connectivity index (χ2n) is 10.3. The Labute approximate surface area is 167 Å². The van der Waals surface area contributed by atoms with Crippen molar-refractivity contribution in [3.63, 3.8) is 0 Å². The molecule has 0 saturated heterocycles. The molecular weight excluding hydrogens is 352 g/mol. The van der Waals surface area contributed by atoms with Gasteiger partial charge in [0.15, 0.2) is 0 Å². The summed E-state index contributed by atoms with van der Waals surface area (Å²) in [5.41, 5.74) is 1.02. The van der Waals surface area contributed by atoms with Crippen LogP contribution in [-0.4, -0.2) is 24.6 Å². The molecule has 5 aliphatic carbocycles. The van der Waals surface area contributed by atoms with E-state index in [0.29, 0.717) is 23.7 Å². The standard InChI is InChI=1S/C24H32O4/c1-13-8-19(18-11-14-4-6-16(18)9-14)21(22(25)27-3)20(13)23(26)28-24(2)12-15-5-7-17(24)10-15/h4,6,11,13-17,19-21H,5,7-10,12H2,1-3H3. The number of fused-ring (bicyclic) bond motifs is 4. The quantitative estimate of drug-likeness (QED) is 0.536. The lowest BCUT2D eigenvalue weighted by molar-refractivity contribution is -0.175. The Morgan fingerprint density at radius 2 is 1.89 bits per heavy atom. The molecule has 4 nitrogen and oxygen atoms in total. The third-order valence-corrected chi connectivity index (χ3v) is 8.62. The Morgan fingerprint density at radius 1 is 1.07 bits per heavy atom. The number of hydrogen-bond donors (Lipinski definition) is 0. The van der Waals surface area contributed by atoms with E-state index >= 15 is 0 Å². The maximum atomic E-state index is 13.4. The summed E-state index contributed by atoms with van der Waals surface area (Å²) in [5.74, 6) is 1.16. The summed E-state index contributed by atoms with van der Waals surface area (Å²) < 4.78 is 11.4. The number of ether oxygens (including phenoxy) is 2. The number of allylic oxidation sites excluding steroid dienone is 4. The zero-order valence-corrected chi connectivity index (χ0v) is 17.2. The van der Waals surface area contributed by atoms with Gasteiger partial charge in [0, 0.05) is 0 Å². The molecule has 4 heteroatoms. The molecule has 4 bridgehead atoms.